The SMILES string of the molecule is CO[C@@](C(=O)O[C@H]1Cc2cccc(F)c2C[C@@H]1N1CCC(c2ccccc2)CC1)(c1ccccc1)C(F)(F)F. The molecule has 3 aromatic rings. The van der Waals surface area contributed by atoms with Crippen LogP contribution < -0.4 is 0 Å². The van der Waals surface area contributed by atoms with Gasteiger partial charge in [-0.1, -0.05) is 72.8 Å². The average Bonchev–Trinajstić information content (AvgIpc) is 2.94. The molecule has 0 aromatic heterocycles. The number of fused-ring (bicyclic) bond motifs is 1. The molecule has 0 spiro atoms. The first-order valence-electron chi connectivity index (χ1n) is 13.2. The topological polar surface area (TPSA) is 38.8 Å². The van der Waals surface area contributed by atoms with Crippen molar-refractivity contribution in [3.05, 3.63) is 107 Å². The third kappa shape index (κ3) is 5.20. The quantitative estimate of drug-likeness (QED) is 0.276. The number of methoxy groups -OCH3 is 1. The van der Waals surface area contributed by atoms with Crippen molar-refractivity contribution in [1.29, 1.82) is 0 Å². The van der Waals surface area contributed by atoms with Crippen molar-refractivity contribution < 1.29 is 31.8 Å². The summed E-state index contributed by atoms with van der Waals surface area (Å²) in [4.78, 5) is 15.6. The van der Waals surface area contributed by atoms with E-state index in [2.05, 4.69) is 17.0 Å². The lowest BCUT2D eigenvalue weighted by atomic mass is 9.82. The van der Waals surface area contributed by atoms with Gasteiger partial charge in [0.1, 0.15) is 11.9 Å². The van der Waals surface area contributed by atoms with Crippen molar-refractivity contribution in [3.63, 3.8) is 0 Å². The summed E-state index contributed by atoms with van der Waals surface area (Å²) in [7, 11) is 0.860. The van der Waals surface area contributed by atoms with Gasteiger partial charge in [-0.25, -0.2) is 9.18 Å². The molecule has 2 aliphatic rings. The predicted octanol–water partition coefficient (Wildman–Crippen LogP) is 6.19. The summed E-state index contributed by atoms with van der Waals surface area (Å²) in [6, 6.07) is 21.2. The average molecular weight is 542 g/mol. The molecular formula is C31H31F4NO3. The van der Waals surface area contributed by atoms with Crippen molar-refractivity contribution in [2.75, 3.05) is 20.2 Å². The Morgan fingerprint density at radius 1 is 0.872 bits per heavy atom. The van der Waals surface area contributed by atoms with Crippen molar-refractivity contribution in [1.82, 2.24) is 4.90 Å². The summed E-state index contributed by atoms with van der Waals surface area (Å²) in [6.07, 6.45) is -3.91. The summed E-state index contributed by atoms with van der Waals surface area (Å²) >= 11 is 0. The third-order valence-electron chi connectivity index (χ3n) is 8.18. The number of carbonyl (C=O) groups excluding carboxylic acids is 1. The Bertz CT molecular complexity index is 1280. The van der Waals surface area contributed by atoms with E-state index < -0.39 is 29.9 Å². The third-order valence-corrected chi connectivity index (χ3v) is 8.18. The number of ether oxygens (including phenoxy) is 2. The summed E-state index contributed by atoms with van der Waals surface area (Å²) in [5, 5.41) is 0. The van der Waals surface area contributed by atoms with Crippen LogP contribution in [0.1, 0.15) is 41.0 Å². The van der Waals surface area contributed by atoms with Crippen molar-refractivity contribution in [2.24, 2.45) is 0 Å². The number of halogens is 4. The Morgan fingerprint density at radius 3 is 2.13 bits per heavy atom. The number of benzene rings is 3. The zero-order chi connectivity index (χ0) is 27.6. The summed E-state index contributed by atoms with van der Waals surface area (Å²) < 4.78 is 69.1. The first kappa shape index (κ1) is 27.3. The van der Waals surface area contributed by atoms with E-state index in [1.807, 2.05) is 18.2 Å². The highest BCUT2D eigenvalue weighted by molar-refractivity contribution is 5.83. The number of piperidine rings is 1. The highest BCUT2D eigenvalue weighted by Gasteiger charge is 2.64. The fourth-order valence-electron chi connectivity index (χ4n) is 6.10. The molecule has 1 saturated heterocycles. The first-order chi connectivity index (χ1) is 18.7. The standard InChI is InChI=1S/C31H31F4NO3/c1-38-30(31(33,34)35,24-12-6-3-7-13-24)29(37)39-28-19-23-11-8-14-26(32)25(23)20-27(28)36-17-15-22(16-18-36)21-9-4-2-5-10-21/h2-14,22,27-28H,15-20H2,1H3/t27-,28-,30+/m0/s1. The van der Waals surface area contributed by atoms with Gasteiger partial charge in [0.15, 0.2) is 0 Å². The van der Waals surface area contributed by atoms with Crippen LogP contribution in [-0.4, -0.2) is 49.4 Å². The second-order valence-electron chi connectivity index (χ2n) is 10.3. The molecule has 1 aliphatic carbocycles. The van der Waals surface area contributed by atoms with Gasteiger partial charge < -0.3 is 9.47 Å². The molecule has 8 heteroatoms. The van der Waals surface area contributed by atoms with E-state index in [1.54, 1.807) is 18.2 Å². The van der Waals surface area contributed by atoms with Crippen LogP contribution in [0.5, 0.6) is 0 Å². The zero-order valence-corrected chi connectivity index (χ0v) is 21.7. The number of esters is 1. The van der Waals surface area contributed by atoms with Crippen LogP contribution in [0.15, 0.2) is 78.9 Å². The lowest BCUT2D eigenvalue weighted by Crippen LogP contribution is -2.57. The number of hydrogen-bond acceptors (Lipinski definition) is 4. The lowest BCUT2D eigenvalue weighted by Gasteiger charge is -2.44. The fourth-order valence-corrected chi connectivity index (χ4v) is 6.10. The first-order valence-corrected chi connectivity index (χ1v) is 13.2. The van der Waals surface area contributed by atoms with Crippen LogP contribution >= 0.6 is 0 Å². The molecule has 1 fully saturated rings. The monoisotopic (exact) mass is 541 g/mol. The van der Waals surface area contributed by atoms with Gasteiger partial charge in [0.05, 0.1) is 6.04 Å². The maximum absolute atomic E-state index is 14.8. The molecule has 1 aliphatic heterocycles. The molecule has 0 unspecified atom stereocenters. The number of hydrogen-bond donors (Lipinski definition) is 0. The van der Waals surface area contributed by atoms with Crippen LogP contribution in [0.25, 0.3) is 0 Å². The predicted molar refractivity (Wildman–Crippen MR) is 139 cm³/mol. The minimum absolute atomic E-state index is 0.120. The van der Waals surface area contributed by atoms with Crippen LogP contribution in [0.4, 0.5) is 17.6 Å². The molecule has 0 bridgehead atoms. The summed E-state index contributed by atoms with van der Waals surface area (Å²) in [6.45, 7) is 1.32. The lowest BCUT2D eigenvalue weighted by molar-refractivity contribution is -0.279. The molecule has 4 nitrogen and oxygen atoms in total. The number of rotatable bonds is 6. The van der Waals surface area contributed by atoms with Gasteiger partial charge in [0.25, 0.3) is 5.60 Å². The van der Waals surface area contributed by atoms with E-state index in [4.69, 9.17) is 9.47 Å². The Kier molecular flexibility index (Phi) is 7.78. The molecular weight excluding hydrogens is 510 g/mol. The van der Waals surface area contributed by atoms with Crippen molar-refractivity contribution in [3.8, 4) is 0 Å². The van der Waals surface area contributed by atoms with Gasteiger partial charge in [-0.2, -0.15) is 13.2 Å². The second kappa shape index (κ2) is 11.1. The van der Waals surface area contributed by atoms with Gasteiger partial charge in [0.2, 0.25) is 0 Å². The Hall–Kier alpha value is -3.23. The molecule has 0 radical (unpaired) electrons. The van der Waals surface area contributed by atoms with Gasteiger partial charge in [0, 0.05) is 19.1 Å². The Labute approximate surface area is 225 Å². The van der Waals surface area contributed by atoms with E-state index >= 15 is 0 Å². The van der Waals surface area contributed by atoms with E-state index in [-0.39, 0.29) is 24.2 Å². The molecule has 3 aromatic carbocycles. The van der Waals surface area contributed by atoms with Gasteiger partial charge in [-0.15, -0.1) is 0 Å². The zero-order valence-electron chi connectivity index (χ0n) is 21.7. The summed E-state index contributed by atoms with van der Waals surface area (Å²) in [5.74, 6) is -1.51. The van der Waals surface area contributed by atoms with Crippen molar-refractivity contribution in [2.45, 2.75) is 55.5 Å². The second-order valence-corrected chi connectivity index (χ2v) is 10.3. The molecule has 206 valence electrons. The molecule has 3 atom stereocenters. The molecule has 1 heterocycles. The van der Waals surface area contributed by atoms with Crippen LogP contribution in [-0.2, 0) is 32.7 Å². The fraction of sp³-hybridized carbons (Fsp3) is 0.387. The van der Waals surface area contributed by atoms with Crippen LogP contribution in [0.2, 0.25) is 0 Å². The normalized spacial score (nSPS) is 22.1. The highest BCUT2D eigenvalue weighted by Crippen LogP contribution is 2.44. The Morgan fingerprint density at radius 2 is 1.51 bits per heavy atom. The molecule has 0 saturated carbocycles. The van der Waals surface area contributed by atoms with Gasteiger partial charge >= 0.3 is 12.1 Å². The molecule has 0 amide bonds. The minimum Gasteiger partial charge on any atom is -0.458 e. The van der Waals surface area contributed by atoms with Crippen molar-refractivity contribution >= 4 is 5.97 Å². The maximum Gasteiger partial charge on any atom is 0.432 e. The number of nitrogens with zero attached hydrogens (tertiary/aromatic N) is 1. The van der Waals surface area contributed by atoms with Gasteiger partial charge in [-0.05, 0) is 61.0 Å². The minimum atomic E-state index is -5.07. The maximum atomic E-state index is 14.8. The van der Waals surface area contributed by atoms with E-state index in [9.17, 15) is 22.4 Å². The van der Waals surface area contributed by atoms with E-state index in [0.29, 0.717) is 30.1 Å². The number of likely N-dealkylation sites (tertiary alicyclic amines) is 1. The molecule has 0 N–H and O–H groups in total. The number of carbonyl (C=O) groups is 1. The van der Waals surface area contributed by atoms with Gasteiger partial charge in [-0.3, -0.25) is 4.90 Å². The van der Waals surface area contributed by atoms with Crippen LogP contribution in [0, 0.1) is 5.82 Å². The van der Waals surface area contributed by atoms with E-state index in [0.717, 1.165) is 20.0 Å². The highest BCUT2D eigenvalue weighted by atomic mass is 19.4. The number of alkyl halides is 3. The molecule has 39 heavy (non-hydrogen) atoms. The Balaban J connectivity index is 1.44. The van der Waals surface area contributed by atoms with E-state index in [1.165, 1.54) is 35.9 Å². The van der Waals surface area contributed by atoms with Crippen LogP contribution in [0.3, 0.4) is 0 Å². The smallest absolute Gasteiger partial charge is 0.432 e. The largest absolute Gasteiger partial charge is 0.458 e. The molecule has 5 rings (SSSR count). The summed E-state index contributed by atoms with van der Waals surface area (Å²) in [5.41, 5.74) is -1.22.